The highest BCUT2D eigenvalue weighted by molar-refractivity contribution is 9.10. The largest absolute Gasteiger partial charge is 0.342 e. The lowest BCUT2D eigenvalue weighted by molar-refractivity contribution is 1.04. The first kappa shape index (κ1) is 12.6. The van der Waals surface area contributed by atoms with E-state index >= 15 is 0 Å². The van der Waals surface area contributed by atoms with Crippen molar-refractivity contribution < 1.29 is 0 Å². The second kappa shape index (κ2) is 5.01. The fourth-order valence-electron chi connectivity index (χ4n) is 2.66. The Bertz CT molecular complexity index is 940. The van der Waals surface area contributed by atoms with Crippen molar-refractivity contribution in [2.75, 3.05) is 0 Å². The number of aromatic amines is 1. The van der Waals surface area contributed by atoms with Crippen LogP contribution < -0.4 is 0 Å². The van der Waals surface area contributed by atoms with Crippen LogP contribution in [0.2, 0.25) is 0 Å². The molecule has 0 amide bonds. The molecule has 4 rings (SSSR count). The third-order valence-electron chi connectivity index (χ3n) is 3.68. The zero-order valence-electron chi connectivity index (χ0n) is 11.3. The molecule has 21 heavy (non-hydrogen) atoms. The summed E-state index contributed by atoms with van der Waals surface area (Å²) in [6.07, 6.45) is 0.817. The van der Waals surface area contributed by atoms with Crippen LogP contribution in [-0.2, 0) is 6.42 Å². The van der Waals surface area contributed by atoms with Gasteiger partial charge in [-0.1, -0.05) is 58.4 Å². The number of H-pyrrole nitrogens is 1. The average Bonchev–Trinajstić information content (AvgIpc) is 2.88. The molecule has 0 aliphatic carbocycles. The fourth-order valence-corrected chi connectivity index (χ4v) is 3.02. The van der Waals surface area contributed by atoms with Gasteiger partial charge in [-0.05, 0) is 34.5 Å². The van der Waals surface area contributed by atoms with Crippen LogP contribution in [0.3, 0.4) is 0 Å². The van der Waals surface area contributed by atoms with Crippen molar-refractivity contribution in [2.45, 2.75) is 6.42 Å². The van der Waals surface area contributed by atoms with Crippen molar-refractivity contribution in [1.29, 1.82) is 0 Å². The molecule has 0 bridgehead atoms. The molecular formula is C18H13BrN2. The topological polar surface area (TPSA) is 28.7 Å². The van der Waals surface area contributed by atoms with Crippen LogP contribution in [0.5, 0.6) is 0 Å². The highest BCUT2D eigenvalue weighted by atomic mass is 79.9. The Morgan fingerprint density at radius 3 is 2.67 bits per heavy atom. The minimum atomic E-state index is 0.817. The van der Waals surface area contributed by atoms with E-state index in [0.29, 0.717) is 0 Å². The van der Waals surface area contributed by atoms with E-state index in [4.69, 9.17) is 0 Å². The van der Waals surface area contributed by atoms with Crippen LogP contribution >= 0.6 is 15.9 Å². The molecule has 3 heteroatoms. The Balaban J connectivity index is 1.71. The Morgan fingerprint density at radius 2 is 1.76 bits per heavy atom. The standard InChI is InChI=1S/C18H13BrN2/c19-15-7-8-16-17(11-15)21-18(20-16)10-12-5-6-13-3-1-2-4-14(13)9-12/h1-9,11H,10H2,(H,20,21). The number of fused-ring (bicyclic) bond motifs is 2. The number of hydrogen-bond donors (Lipinski definition) is 1. The molecular weight excluding hydrogens is 324 g/mol. The van der Waals surface area contributed by atoms with E-state index < -0.39 is 0 Å². The molecule has 3 aromatic carbocycles. The molecule has 0 radical (unpaired) electrons. The first-order valence-corrected chi connectivity index (χ1v) is 7.69. The van der Waals surface area contributed by atoms with Crippen LogP contribution in [0.25, 0.3) is 21.8 Å². The molecule has 0 fully saturated rings. The van der Waals surface area contributed by atoms with Gasteiger partial charge in [0.15, 0.2) is 0 Å². The highest BCUT2D eigenvalue weighted by Crippen LogP contribution is 2.20. The SMILES string of the molecule is Brc1ccc2nc(Cc3ccc4ccccc4c3)[nH]c2c1. The second-order valence-electron chi connectivity index (χ2n) is 5.20. The first-order chi connectivity index (χ1) is 10.3. The van der Waals surface area contributed by atoms with Gasteiger partial charge in [0.05, 0.1) is 11.0 Å². The van der Waals surface area contributed by atoms with Gasteiger partial charge in [0.2, 0.25) is 0 Å². The normalized spacial score (nSPS) is 11.3. The van der Waals surface area contributed by atoms with Crippen molar-refractivity contribution in [1.82, 2.24) is 9.97 Å². The molecule has 102 valence electrons. The average molecular weight is 337 g/mol. The zero-order chi connectivity index (χ0) is 14.2. The van der Waals surface area contributed by atoms with Crippen molar-refractivity contribution in [3.63, 3.8) is 0 Å². The Kier molecular flexibility index (Phi) is 3.00. The summed E-state index contributed by atoms with van der Waals surface area (Å²) >= 11 is 3.49. The number of hydrogen-bond acceptors (Lipinski definition) is 1. The lowest BCUT2D eigenvalue weighted by atomic mass is 10.1. The van der Waals surface area contributed by atoms with Crippen LogP contribution in [-0.4, -0.2) is 9.97 Å². The molecule has 1 N–H and O–H groups in total. The van der Waals surface area contributed by atoms with E-state index in [0.717, 1.165) is 27.8 Å². The van der Waals surface area contributed by atoms with Gasteiger partial charge in [0, 0.05) is 10.9 Å². The van der Waals surface area contributed by atoms with Crippen LogP contribution in [0.15, 0.2) is 65.1 Å². The lowest BCUT2D eigenvalue weighted by Crippen LogP contribution is -1.90. The Hall–Kier alpha value is -2.13. The summed E-state index contributed by atoms with van der Waals surface area (Å²) in [4.78, 5) is 8.04. The lowest BCUT2D eigenvalue weighted by Gasteiger charge is -2.01. The number of benzene rings is 3. The molecule has 0 atom stereocenters. The number of imidazole rings is 1. The summed E-state index contributed by atoms with van der Waals surface area (Å²) in [5.41, 5.74) is 3.35. The minimum Gasteiger partial charge on any atom is -0.342 e. The predicted molar refractivity (Wildman–Crippen MR) is 90.5 cm³/mol. The number of rotatable bonds is 2. The molecule has 1 heterocycles. The molecule has 0 unspecified atom stereocenters. The second-order valence-corrected chi connectivity index (χ2v) is 6.12. The summed E-state index contributed by atoms with van der Waals surface area (Å²) in [6, 6.07) is 21.1. The van der Waals surface area contributed by atoms with Gasteiger partial charge < -0.3 is 4.98 Å². The summed E-state index contributed by atoms with van der Waals surface area (Å²) in [7, 11) is 0. The smallest absolute Gasteiger partial charge is 0.111 e. The third-order valence-corrected chi connectivity index (χ3v) is 4.17. The third kappa shape index (κ3) is 2.45. The van der Waals surface area contributed by atoms with E-state index in [1.54, 1.807) is 0 Å². The van der Waals surface area contributed by atoms with Gasteiger partial charge in [0.1, 0.15) is 5.82 Å². The van der Waals surface area contributed by atoms with Crippen molar-refractivity contribution in [2.24, 2.45) is 0 Å². The molecule has 0 spiro atoms. The molecule has 0 aliphatic heterocycles. The van der Waals surface area contributed by atoms with Gasteiger partial charge in [-0.25, -0.2) is 4.98 Å². The van der Waals surface area contributed by atoms with E-state index in [2.05, 4.69) is 74.4 Å². The van der Waals surface area contributed by atoms with Crippen molar-refractivity contribution in [3.05, 3.63) is 76.5 Å². The maximum Gasteiger partial charge on any atom is 0.111 e. The fraction of sp³-hybridized carbons (Fsp3) is 0.0556. The number of aromatic nitrogens is 2. The molecule has 0 saturated carbocycles. The summed E-state index contributed by atoms with van der Waals surface area (Å²) in [5.74, 6) is 0.999. The number of nitrogens with zero attached hydrogens (tertiary/aromatic N) is 1. The number of nitrogens with one attached hydrogen (secondary N) is 1. The van der Waals surface area contributed by atoms with Crippen LogP contribution in [0.4, 0.5) is 0 Å². The highest BCUT2D eigenvalue weighted by Gasteiger charge is 2.05. The zero-order valence-corrected chi connectivity index (χ0v) is 12.9. The maximum absolute atomic E-state index is 4.65. The molecule has 1 aromatic heterocycles. The van der Waals surface area contributed by atoms with E-state index in [-0.39, 0.29) is 0 Å². The van der Waals surface area contributed by atoms with E-state index in [1.807, 2.05) is 12.1 Å². The van der Waals surface area contributed by atoms with E-state index in [9.17, 15) is 0 Å². The van der Waals surface area contributed by atoms with Gasteiger partial charge in [-0.3, -0.25) is 0 Å². The van der Waals surface area contributed by atoms with Gasteiger partial charge in [-0.2, -0.15) is 0 Å². The molecule has 2 nitrogen and oxygen atoms in total. The summed E-state index contributed by atoms with van der Waals surface area (Å²) in [6.45, 7) is 0. The quantitative estimate of drug-likeness (QED) is 0.544. The van der Waals surface area contributed by atoms with Crippen molar-refractivity contribution >= 4 is 37.7 Å². The van der Waals surface area contributed by atoms with Gasteiger partial charge in [0.25, 0.3) is 0 Å². The molecule has 0 aliphatic rings. The van der Waals surface area contributed by atoms with Gasteiger partial charge >= 0.3 is 0 Å². The van der Waals surface area contributed by atoms with Crippen molar-refractivity contribution in [3.8, 4) is 0 Å². The molecule has 0 saturated heterocycles. The summed E-state index contributed by atoms with van der Waals surface area (Å²) in [5, 5.41) is 2.55. The van der Waals surface area contributed by atoms with Crippen LogP contribution in [0.1, 0.15) is 11.4 Å². The molecule has 4 aromatic rings. The predicted octanol–water partition coefficient (Wildman–Crippen LogP) is 5.07. The van der Waals surface area contributed by atoms with Crippen LogP contribution in [0, 0.1) is 0 Å². The number of halogens is 1. The first-order valence-electron chi connectivity index (χ1n) is 6.90. The van der Waals surface area contributed by atoms with Gasteiger partial charge in [-0.15, -0.1) is 0 Å². The monoisotopic (exact) mass is 336 g/mol. The Labute approximate surface area is 131 Å². The Morgan fingerprint density at radius 1 is 0.905 bits per heavy atom. The van der Waals surface area contributed by atoms with E-state index in [1.165, 1.54) is 16.3 Å². The minimum absolute atomic E-state index is 0.817. The summed E-state index contributed by atoms with van der Waals surface area (Å²) < 4.78 is 1.07. The maximum atomic E-state index is 4.65.